The van der Waals surface area contributed by atoms with Gasteiger partial charge in [0.05, 0.1) is 19.8 Å². The van der Waals surface area contributed by atoms with Crippen molar-refractivity contribution in [1.82, 2.24) is 14.9 Å². The number of hydrogen-bond acceptors (Lipinski definition) is 6. The minimum atomic E-state index is 0.191. The third-order valence-corrected chi connectivity index (χ3v) is 3.64. The molecule has 0 amide bonds. The summed E-state index contributed by atoms with van der Waals surface area (Å²) >= 11 is 0. The van der Waals surface area contributed by atoms with Crippen molar-refractivity contribution in [1.29, 1.82) is 0 Å². The van der Waals surface area contributed by atoms with Crippen molar-refractivity contribution in [3.63, 3.8) is 0 Å². The zero-order valence-corrected chi connectivity index (χ0v) is 12.9. The molecule has 118 valence electrons. The molecule has 0 atom stereocenters. The van der Waals surface area contributed by atoms with Gasteiger partial charge in [-0.1, -0.05) is 13.3 Å². The predicted octanol–water partition coefficient (Wildman–Crippen LogP) is 0.908. The van der Waals surface area contributed by atoms with Crippen LogP contribution in [-0.4, -0.2) is 66.0 Å². The van der Waals surface area contributed by atoms with Crippen LogP contribution in [0.2, 0.25) is 0 Å². The molecular formula is C15H26N4O2. The Morgan fingerprint density at radius 2 is 1.95 bits per heavy atom. The van der Waals surface area contributed by atoms with Gasteiger partial charge in [0.25, 0.3) is 0 Å². The van der Waals surface area contributed by atoms with Crippen molar-refractivity contribution < 1.29 is 9.84 Å². The van der Waals surface area contributed by atoms with Gasteiger partial charge < -0.3 is 14.7 Å². The van der Waals surface area contributed by atoms with Crippen molar-refractivity contribution >= 4 is 5.95 Å². The summed E-state index contributed by atoms with van der Waals surface area (Å²) in [6.45, 7) is 8.06. The average Bonchev–Trinajstić information content (AvgIpc) is 2.54. The van der Waals surface area contributed by atoms with Crippen LogP contribution in [0.3, 0.4) is 0 Å². The van der Waals surface area contributed by atoms with Crippen LogP contribution < -0.4 is 4.90 Å². The Labute approximate surface area is 126 Å². The molecule has 0 aromatic carbocycles. The molecule has 1 N–H and O–H groups in total. The second-order valence-corrected chi connectivity index (χ2v) is 5.34. The maximum Gasteiger partial charge on any atom is 0.225 e. The van der Waals surface area contributed by atoms with Crippen LogP contribution in [0, 0.1) is 0 Å². The molecule has 1 aromatic rings. The van der Waals surface area contributed by atoms with Gasteiger partial charge in [0.15, 0.2) is 0 Å². The zero-order chi connectivity index (χ0) is 14.9. The van der Waals surface area contributed by atoms with Crippen LogP contribution in [0.4, 0.5) is 5.95 Å². The van der Waals surface area contributed by atoms with Crippen molar-refractivity contribution in [3.05, 3.63) is 18.0 Å². The topological polar surface area (TPSA) is 61.7 Å². The first kappa shape index (κ1) is 16.1. The summed E-state index contributed by atoms with van der Waals surface area (Å²) in [5.41, 5.74) is 1.09. The number of morpholine rings is 1. The number of aliphatic hydroxyl groups excluding tert-OH is 1. The normalized spacial score (nSPS) is 15.7. The SMILES string of the molecule is CCCCN(CCO)Cc1cnc(N2CCOCC2)nc1. The van der Waals surface area contributed by atoms with E-state index in [1.54, 1.807) is 0 Å². The molecule has 6 heteroatoms. The van der Waals surface area contributed by atoms with Gasteiger partial charge >= 0.3 is 0 Å². The van der Waals surface area contributed by atoms with Gasteiger partial charge in [-0.05, 0) is 13.0 Å². The Balaban J connectivity index is 1.90. The molecule has 0 radical (unpaired) electrons. The van der Waals surface area contributed by atoms with E-state index in [1.807, 2.05) is 12.4 Å². The van der Waals surface area contributed by atoms with Crippen molar-refractivity contribution in [2.24, 2.45) is 0 Å². The third kappa shape index (κ3) is 5.22. The number of nitrogens with zero attached hydrogens (tertiary/aromatic N) is 4. The molecule has 1 saturated heterocycles. The molecule has 1 aliphatic heterocycles. The lowest BCUT2D eigenvalue weighted by atomic mass is 10.2. The van der Waals surface area contributed by atoms with Gasteiger partial charge in [0, 0.05) is 44.1 Å². The quantitative estimate of drug-likeness (QED) is 0.769. The second kappa shape index (κ2) is 8.92. The van der Waals surface area contributed by atoms with E-state index in [0.29, 0.717) is 6.54 Å². The summed E-state index contributed by atoms with van der Waals surface area (Å²) in [6.07, 6.45) is 6.10. The lowest BCUT2D eigenvalue weighted by molar-refractivity contribution is 0.122. The number of anilines is 1. The van der Waals surface area contributed by atoms with Crippen molar-refractivity contribution in [2.75, 3.05) is 50.9 Å². The highest BCUT2D eigenvalue weighted by Gasteiger charge is 2.13. The smallest absolute Gasteiger partial charge is 0.225 e. The summed E-state index contributed by atoms with van der Waals surface area (Å²) in [7, 11) is 0. The van der Waals surface area contributed by atoms with E-state index in [9.17, 15) is 0 Å². The average molecular weight is 294 g/mol. The number of unbranched alkanes of at least 4 members (excludes halogenated alkanes) is 1. The third-order valence-electron chi connectivity index (χ3n) is 3.64. The lowest BCUT2D eigenvalue weighted by Gasteiger charge is -2.27. The predicted molar refractivity (Wildman–Crippen MR) is 82.3 cm³/mol. The van der Waals surface area contributed by atoms with Crippen molar-refractivity contribution in [3.8, 4) is 0 Å². The van der Waals surface area contributed by atoms with E-state index in [0.717, 1.165) is 63.7 Å². The molecule has 1 fully saturated rings. The van der Waals surface area contributed by atoms with Crippen LogP contribution in [0.15, 0.2) is 12.4 Å². The van der Waals surface area contributed by atoms with Crippen LogP contribution in [0.25, 0.3) is 0 Å². The lowest BCUT2D eigenvalue weighted by Crippen LogP contribution is -2.37. The first-order chi connectivity index (χ1) is 10.3. The van der Waals surface area contributed by atoms with E-state index in [4.69, 9.17) is 9.84 Å². The minimum absolute atomic E-state index is 0.191. The number of ether oxygens (including phenoxy) is 1. The number of aromatic nitrogens is 2. The summed E-state index contributed by atoms with van der Waals surface area (Å²) in [5.74, 6) is 0.782. The Bertz CT molecular complexity index is 393. The molecule has 21 heavy (non-hydrogen) atoms. The van der Waals surface area contributed by atoms with Crippen LogP contribution in [0.5, 0.6) is 0 Å². The van der Waals surface area contributed by atoms with Crippen LogP contribution in [0.1, 0.15) is 25.3 Å². The van der Waals surface area contributed by atoms with Crippen LogP contribution in [-0.2, 0) is 11.3 Å². The monoisotopic (exact) mass is 294 g/mol. The highest BCUT2D eigenvalue weighted by atomic mass is 16.5. The second-order valence-electron chi connectivity index (χ2n) is 5.34. The molecule has 0 bridgehead atoms. The molecule has 0 spiro atoms. The molecule has 0 saturated carbocycles. The van der Waals surface area contributed by atoms with Gasteiger partial charge in [0.1, 0.15) is 0 Å². The first-order valence-electron chi connectivity index (χ1n) is 7.80. The highest BCUT2D eigenvalue weighted by molar-refractivity contribution is 5.30. The number of hydrogen-bond donors (Lipinski definition) is 1. The standard InChI is InChI=1S/C15H26N4O2/c1-2-3-4-18(5-8-20)13-14-11-16-15(17-12-14)19-6-9-21-10-7-19/h11-12,20H,2-10,13H2,1H3. The van der Waals surface area contributed by atoms with Gasteiger partial charge in [-0.25, -0.2) is 9.97 Å². The van der Waals surface area contributed by atoms with Gasteiger partial charge in [-0.15, -0.1) is 0 Å². The van der Waals surface area contributed by atoms with Crippen molar-refractivity contribution in [2.45, 2.75) is 26.3 Å². The molecule has 2 heterocycles. The summed E-state index contributed by atoms with van der Waals surface area (Å²) in [4.78, 5) is 13.3. The molecule has 0 aliphatic carbocycles. The Morgan fingerprint density at radius 3 is 2.57 bits per heavy atom. The molecule has 1 aliphatic rings. The van der Waals surface area contributed by atoms with Gasteiger partial charge in [0.2, 0.25) is 5.95 Å². The minimum Gasteiger partial charge on any atom is -0.395 e. The molecule has 0 unspecified atom stereocenters. The Morgan fingerprint density at radius 1 is 1.24 bits per heavy atom. The van der Waals surface area contributed by atoms with E-state index in [-0.39, 0.29) is 6.61 Å². The fourth-order valence-electron chi connectivity index (χ4n) is 2.41. The first-order valence-corrected chi connectivity index (χ1v) is 7.80. The van der Waals surface area contributed by atoms with E-state index < -0.39 is 0 Å². The zero-order valence-electron chi connectivity index (χ0n) is 12.9. The summed E-state index contributed by atoms with van der Waals surface area (Å²) < 4.78 is 5.33. The maximum absolute atomic E-state index is 9.14. The van der Waals surface area contributed by atoms with Crippen LogP contribution >= 0.6 is 0 Å². The largest absolute Gasteiger partial charge is 0.395 e. The molecule has 1 aromatic heterocycles. The number of aliphatic hydroxyl groups is 1. The number of rotatable bonds is 8. The fraction of sp³-hybridized carbons (Fsp3) is 0.733. The molecule has 2 rings (SSSR count). The van der Waals surface area contributed by atoms with Gasteiger partial charge in [-0.3, -0.25) is 4.90 Å². The van der Waals surface area contributed by atoms with E-state index >= 15 is 0 Å². The fourth-order valence-corrected chi connectivity index (χ4v) is 2.41. The summed E-state index contributed by atoms with van der Waals surface area (Å²) in [6, 6.07) is 0. The maximum atomic E-state index is 9.14. The van der Waals surface area contributed by atoms with E-state index in [1.165, 1.54) is 0 Å². The van der Waals surface area contributed by atoms with E-state index in [2.05, 4.69) is 26.7 Å². The molecule has 6 nitrogen and oxygen atoms in total. The van der Waals surface area contributed by atoms with Gasteiger partial charge in [-0.2, -0.15) is 0 Å². The Hall–Kier alpha value is -1.24. The Kier molecular flexibility index (Phi) is 6.85. The molecular weight excluding hydrogens is 268 g/mol. The summed E-state index contributed by atoms with van der Waals surface area (Å²) in [5, 5.41) is 9.14. The highest BCUT2D eigenvalue weighted by Crippen LogP contribution is 2.11.